The lowest BCUT2D eigenvalue weighted by atomic mass is 10.1. The van der Waals surface area contributed by atoms with Crippen molar-refractivity contribution in [2.45, 2.75) is 19.5 Å². The van der Waals surface area contributed by atoms with Crippen LogP contribution in [0.2, 0.25) is 0 Å². The van der Waals surface area contributed by atoms with E-state index in [9.17, 15) is 14.4 Å². The van der Waals surface area contributed by atoms with E-state index in [4.69, 9.17) is 14.2 Å². The highest BCUT2D eigenvalue weighted by atomic mass is 16.5. The van der Waals surface area contributed by atoms with Gasteiger partial charge in [-0.25, -0.2) is 9.78 Å². The van der Waals surface area contributed by atoms with Gasteiger partial charge in [-0.3, -0.25) is 18.7 Å². The SMILES string of the molecule is COc1ccc(NC(=O)Cn2c(=O)n(CCc3ccc(OC)c(OC)c3)c(=O)c3cccnc32)cc1. The molecule has 4 rings (SSSR count). The number of nitrogens with zero attached hydrogens (tertiary/aromatic N) is 3. The summed E-state index contributed by atoms with van der Waals surface area (Å²) in [6.45, 7) is -0.201. The Balaban J connectivity index is 1.64. The van der Waals surface area contributed by atoms with Gasteiger partial charge >= 0.3 is 5.69 Å². The fraction of sp³-hybridized carbons (Fsp3) is 0.231. The zero-order valence-electron chi connectivity index (χ0n) is 20.2. The third kappa shape index (κ3) is 5.07. The summed E-state index contributed by atoms with van der Waals surface area (Å²) in [6, 6.07) is 15.4. The molecule has 0 unspecified atom stereocenters. The third-order valence-electron chi connectivity index (χ3n) is 5.73. The number of hydrogen-bond acceptors (Lipinski definition) is 7. The molecule has 10 nitrogen and oxygen atoms in total. The molecule has 10 heteroatoms. The fourth-order valence-electron chi connectivity index (χ4n) is 3.88. The number of fused-ring (bicyclic) bond motifs is 1. The third-order valence-corrected chi connectivity index (χ3v) is 5.73. The van der Waals surface area contributed by atoms with Gasteiger partial charge in [0.1, 0.15) is 17.9 Å². The highest BCUT2D eigenvalue weighted by Crippen LogP contribution is 2.27. The maximum atomic E-state index is 13.4. The number of amides is 1. The van der Waals surface area contributed by atoms with Crippen LogP contribution in [0.3, 0.4) is 0 Å². The lowest BCUT2D eigenvalue weighted by Crippen LogP contribution is -2.42. The zero-order chi connectivity index (χ0) is 25.7. The van der Waals surface area contributed by atoms with Crippen LogP contribution in [0.1, 0.15) is 5.56 Å². The summed E-state index contributed by atoms with van der Waals surface area (Å²) in [7, 11) is 4.64. The summed E-state index contributed by atoms with van der Waals surface area (Å²) in [5.74, 6) is 1.36. The van der Waals surface area contributed by atoms with Gasteiger partial charge in [-0.15, -0.1) is 0 Å². The number of aryl methyl sites for hydroxylation is 1. The highest BCUT2D eigenvalue weighted by Gasteiger charge is 2.17. The monoisotopic (exact) mass is 490 g/mol. The van der Waals surface area contributed by atoms with Gasteiger partial charge in [-0.1, -0.05) is 6.07 Å². The van der Waals surface area contributed by atoms with E-state index >= 15 is 0 Å². The van der Waals surface area contributed by atoms with Crippen LogP contribution in [-0.2, 0) is 24.3 Å². The molecule has 0 radical (unpaired) electrons. The number of rotatable bonds is 9. The molecule has 0 aliphatic carbocycles. The van der Waals surface area contributed by atoms with E-state index in [1.807, 2.05) is 6.07 Å². The number of ether oxygens (including phenoxy) is 3. The molecule has 2 heterocycles. The van der Waals surface area contributed by atoms with E-state index in [1.54, 1.807) is 62.8 Å². The van der Waals surface area contributed by atoms with E-state index in [0.717, 1.165) is 10.1 Å². The first-order valence-corrected chi connectivity index (χ1v) is 11.2. The van der Waals surface area contributed by atoms with Gasteiger partial charge in [-0.2, -0.15) is 0 Å². The summed E-state index contributed by atoms with van der Waals surface area (Å²) in [5, 5.41) is 3.01. The minimum atomic E-state index is -0.614. The Labute approximate surface area is 206 Å². The average Bonchev–Trinajstić information content (AvgIpc) is 2.91. The highest BCUT2D eigenvalue weighted by molar-refractivity contribution is 5.91. The minimum Gasteiger partial charge on any atom is -0.497 e. The lowest BCUT2D eigenvalue weighted by Gasteiger charge is -2.14. The van der Waals surface area contributed by atoms with Crippen LogP contribution in [0, 0.1) is 0 Å². The van der Waals surface area contributed by atoms with Crippen molar-refractivity contribution in [3.05, 3.63) is 87.2 Å². The summed E-state index contributed by atoms with van der Waals surface area (Å²) < 4.78 is 18.1. The Morgan fingerprint density at radius 2 is 1.67 bits per heavy atom. The Kier molecular flexibility index (Phi) is 7.33. The second-order valence-electron chi connectivity index (χ2n) is 7.92. The summed E-state index contributed by atoms with van der Waals surface area (Å²) in [4.78, 5) is 43.5. The van der Waals surface area contributed by atoms with Gasteiger partial charge in [0.25, 0.3) is 5.56 Å². The predicted octanol–water partition coefficient (Wildman–Crippen LogP) is 2.47. The first kappa shape index (κ1) is 24.5. The topological polar surface area (TPSA) is 114 Å². The molecule has 2 aromatic heterocycles. The van der Waals surface area contributed by atoms with Crippen LogP contribution in [0.15, 0.2) is 70.4 Å². The molecule has 1 N–H and O–H groups in total. The second-order valence-corrected chi connectivity index (χ2v) is 7.92. The van der Waals surface area contributed by atoms with Crippen LogP contribution in [0.4, 0.5) is 5.69 Å². The first-order chi connectivity index (χ1) is 17.4. The molecule has 186 valence electrons. The minimum absolute atomic E-state index is 0.109. The largest absolute Gasteiger partial charge is 0.497 e. The molecule has 0 bridgehead atoms. The van der Waals surface area contributed by atoms with Crippen molar-refractivity contribution in [1.29, 1.82) is 0 Å². The van der Waals surface area contributed by atoms with Crippen molar-refractivity contribution < 1.29 is 19.0 Å². The van der Waals surface area contributed by atoms with Crippen molar-refractivity contribution in [2.24, 2.45) is 0 Å². The zero-order valence-corrected chi connectivity index (χ0v) is 20.2. The van der Waals surface area contributed by atoms with E-state index in [-0.39, 0.29) is 24.1 Å². The Morgan fingerprint density at radius 1 is 0.917 bits per heavy atom. The van der Waals surface area contributed by atoms with Gasteiger partial charge in [0, 0.05) is 18.4 Å². The van der Waals surface area contributed by atoms with Crippen LogP contribution < -0.4 is 30.8 Å². The molecular weight excluding hydrogens is 464 g/mol. The summed E-state index contributed by atoms with van der Waals surface area (Å²) in [6.07, 6.45) is 1.87. The number of benzene rings is 2. The molecule has 0 spiro atoms. The predicted molar refractivity (Wildman–Crippen MR) is 135 cm³/mol. The molecule has 0 atom stereocenters. The van der Waals surface area contributed by atoms with Crippen molar-refractivity contribution in [3.63, 3.8) is 0 Å². The Hall–Kier alpha value is -4.60. The Bertz CT molecular complexity index is 1510. The van der Waals surface area contributed by atoms with Gasteiger partial charge < -0.3 is 19.5 Å². The molecule has 0 aliphatic rings. The number of pyridine rings is 1. The molecular formula is C26H26N4O6. The summed E-state index contributed by atoms with van der Waals surface area (Å²) in [5.41, 5.74) is 0.480. The Morgan fingerprint density at radius 3 is 2.36 bits per heavy atom. The number of methoxy groups -OCH3 is 3. The molecule has 0 fully saturated rings. The maximum absolute atomic E-state index is 13.4. The van der Waals surface area contributed by atoms with Crippen molar-refractivity contribution >= 4 is 22.6 Å². The fourth-order valence-corrected chi connectivity index (χ4v) is 3.88. The van der Waals surface area contributed by atoms with E-state index in [1.165, 1.54) is 17.9 Å². The number of anilines is 1. The number of carbonyl (C=O) groups excluding carboxylic acids is 1. The number of hydrogen-bond donors (Lipinski definition) is 1. The molecule has 0 saturated heterocycles. The van der Waals surface area contributed by atoms with E-state index in [2.05, 4.69) is 10.3 Å². The maximum Gasteiger partial charge on any atom is 0.333 e. The van der Waals surface area contributed by atoms with Crippen LogP contribution in [0.25, 0.3) is 11.0 Å². The first-order valence-electron chi connectivity index (χ1n) is 11.2. The smallest absolute Gasteiger partial charge is 0.333 e. The van der Waals surface area contributed by atoms with Gasteiger partial charge in [-0.05, 0) is 60.5 Å². The van der Waals surface area contributed by atoms with Crippen LogP contribution in [-0.4, -0.2) is 41.4 Å². The van der Waals surface area contributed by atoms with Gasteiger partial charge in [0.2, 0.25) is 5.91 Å². The van der Waals surface area contributed by atoms with Gasteiger partial charge in [0.05, 0.1) is 26.7 Å². The number of nitrogens with one attached hydrogen (secondary N) is 1. The molecule has 0 aliphatic heterocycles. The molecule has 4 aromatic rings. The molecule has 0 saturated carbocycles. The standard InChI is InChI=1S/C26H26N4O6/c1-34-19-9-7-18(8-10-19)28-23(31)16-30-24-20(5-4-13-27-24)25(32)29(26(30)33)14-12-17-6-11-21(35-2)22(15-17)36-3/h4-11,13,15H,12,14,16H2,1-3H3,(H,28,31). The van der Waals surface area contributed by atoms with Crippen LogP contribution in [0.5, 0.6) is 17.2 Å². The van der Waals surface area contributed by atoms with Crippen LogP contribution >= 0.6 is 0 Å². The lowest BCUT2D eigenvalue weighted by molar-refractivity contribution is -0.116. The van der Waals surface area contributed by atoms with E-state index in [0.29, 0.717) is 29.4 Å². The van der Waals surface area contributed by atoms with Crippen molar-refractivity contribution in [3.8, 4) is 17.2 Å². The van der Waals surface area contributed by atoms with Gasteiger partial charge in [0.15, 0.2) is 11.5 Å². The average molecular weight is 491 g/mol. The molecule has 1 amide bonds. The van der Waals surface area contributed by atoms with E-state index < -0.39 is 17.2 Å². The normalized spacial score (nSPS) is 10.8. The molecule has 2 aromatic carbocycles. The van der Waals surface area contributed by atoms with Crippen molar-refractivity contribution in [2.75, 3.05) is 26.6 Å². The quantitative estimate of drug-likeness (QED) is 0.383. The molecule has 36 heavy (non-hydrogen) atoms. The number of carbonyl (C=O) groups is 1. The van der Waals surface area contributed by atoms with Crippen molar-refractivity contribution in [1.82, 2.24) is 14.1 Å². The number of aromatic nitrogens is 3. The second kappa shape index (κ2) is 10.8. The summed E-state index contributed by atoms with van der Waals surface area (Å²) >= 11 is 0.